The number of benzene rings is 2. The molecule has 1 aliphatic heterocycles. The van der Waals surface area contributed by atoms with E-state index in [9.17, 15) is 19.1 Å². The first-order valence-corrected chi connectivity index (χ1v) is 12.5. The van der Waals surface area contributed by atoms with Crippen LogP contribution in [-0.4, -0.2) is 52.0 Å². The summed E-state index contributed by atoms with van der Waals surface area (Å²) in [5.74, 6) is -0.571. The van der Waals surface area contributed by atoms with E-state index in [1.54, 1.807) is 23.1 Å². The number of halogens is 1. The number of rotatable bonds is 5. The number of aromatic amines is 1. The summed E-state index contributed by atoms with van der Waals surface area (Å²) in [4.78, 5) is 31.6. The van der Waals surface area contributed by atoms with Gasteiger partial charge in [-0.05, 0) is 50.3 Å². The second-order valence-electron chi connectivity index (χ2n) is 10.1. The molecule has 3 N–H and O–H groups in total. The van der Waals surface area contributed by atoms with Crippen LogP contribution in [0.15, 0.2) is 48.5 Å². The fraction of sp³-hybridized carbons (Fsp3) is 0.429. The molecule has 1 saturated heterocycles. The van der Waals surface area contributed by atoms with Crippen LogP contribution in [0.5, 0.6) is 0 Å². The number of hydrogen-bond donors (Lipinski definition) is 3. The number of hydrogen-bond acceptors (Lipinski definition) is 3. The summed E-state index contributed by atoms with van der Waals surface area (Å²) >= 11 is 0. The van der Waals surface area contributed by atoms with Gasteiger partial charge >= 0.3 is 0 Å². The van der Waals surface area contributed by atoms with Gasteiger partial charge in [-0.1, -0.05) is 42.8 Å². The number of likely N-dealkylation sites (tertiary alicyclic amines) is 1. The van der Waals surface area contributed by atoms with Crippen molar-refractivity contribution in [3.05, 3.63) is 71.2 Å². The number of aliphatic hydroxyl groups excluding tert-OH is 1. The molecule has 5 rings (SSSR count). The van der Waals surface area contributed by atoms with Crippen LogP contribution in [0.25, 0.3) is 10.9 Å². The first-order chi connectivity index (χ1) is 16.9. The van der Waals surface area contributed by atoms with E-state index in [1.165, 1.54) is 6.07 Å². The van der Waals surface area contributed by atoms with Crippen LogP contribution in [0, 0.1) is 12.7 Å². The molecular weight excluding hydrogens is 445 g/mol. The van der Waals surface area contributed by atoms with Crippen LogP contribution in [-0.2, 0) is 21.4 Å². The predicted molar refractivity (Wildman–Crippen MR) is 132 cm³/mol. The number of carbonyl (C=O) groups is 2. The molecule has 1 saturated carbocycles. The minimum Gasteiger partial charge on any atom is -0.391 e. The van der Waals surface area contributed by atoms with E-state index in [-0.39, 0.29) is 36.6 Å². The number of amides is 2. The van der Waals surface area contributed by atoms with E-state index >= 15 is 0 Å². The Hall–Kier alpha value is -3.19. The van der Waals surface area contributed by atoms with Gasteiger partial charge < -0.3 is 20.3 Å². The van der Waals surface area contributed by atoms with Gasteiger partial charge in [-0.2, -0.15) is 0 Å². The summed E-state index contributed by atoms with van der Waals surface area (Å²) in [6, 6.07) is 14.2. The number of fused-ring (bicyclic) bond motifs is 1. The summed E-state index contributed by atoms with van der Waals surface area (Å²) in [5, 5.41) is 14.8. The van der Waals surface area contributed by atoms with E-state index in [4.69, 9.17) is 0 Å². The Bertz CT molecular complexity index is 1250. The maximum absolute atomic E-state index is 14.5. The summed E-state index contributed by atoms with van der Waals surface area (Å²) in [6.07, 6.45) is 2.55. The monoisotopic (exact) mass is 477 g/mol. The Kier molecular flexibility index (Phi) is 6.36. The molecular formula is C28H32FN3O3. The number of aromatic nitrogens is 1. The summed E-state index contributed by atoms with van der Waals surface area (Å²) in [7, 11) is 0. The number of aryl methyl sites for hydroxylation is 1. The highest BCUT2D eigenvalue weighted by atomic mass is 19.1. The zero-order chi connectivity index (χ0) is 24.6. The molecule has 7 heteroatoms. The highest BCUT2D eigenvalue weighted by Gasteiger charge is 2.47. The lowest BCUT2D eigenvalue weighted by atomic mass is 9.63. The van der Waals surface area contributed by atoms with Crippen molar-refractivity contribution in [1.29, 1.82) is 0 Å². The largest absolute Gasteiger partial charge is 0.391 e. The van der Waals surface area contributed by atoms with Gasteiger partial charge in [0.25, 0.3) is 0 Å². The lowest BCUT2D eigenvalue weighted by Gasteiger charge is -2.41. The number of β-amino-alcohol motifs (C(OH)–C–C–N with tert-alkyl or cyclic N) is 1. The normalized spacial score (nSPS) is 21.9. The van der Waals surface area contributed by atoms with Crippen LogP contribution < -0.4 is 5.32 Å². The first kappa shape index (κ1) is 23.5. The van der Waals surface area contributed by atoms with Crippen LogP contribution in [0.2, 0.25) is 0 Å². The van der Waals surface area contributed by atoms with Crippen molar-refractivity contribution in [3.63, 3.8) is 0 Å². The van der Waals surface area contributed by atoms with Gasteiger partial charge in [-0.25, -0.2) is 4.39 Å². The molecule has 2 heterocycles. The average molecular weight is 478 g/mol. The zero-order valence-electron chi connectivity index (χ0n) is 20.0. The molecule has 2 aliphatic rings. The van der Waals surface area contributed by atoms with Crippen molar-refractivity contribution in [2.24, 2.45) is 0 Å². The molecule has 35 heavy (non-hydrogen) atoms. The minimum atomic E-state index is -0.842. The molecule has 2 aromatic carbocycles. The SMILES string of the molecule is Cc1[nH]c2ccccc2c1CC(=O)N1CC[C@H](NC(=O)C2(c3ccccc3F)CCC2)C[C@H](O)C1. The fourth-order valence-electron chi connectivity index (χ4n) is 5.68. The van der Waals surface area contributed by atoms with Crippen LogP contribution in [0.1, 0.15) is 48.9 Å². The Morgan fingerprint density at radius 2 is 1.91 bits per heavy atom. The quantitative estimate of drug-likeness (QED) is 0.523. The van der Waals surface area contributed by atoms with Gasteiger partial charge in [0.15, 0.2) is 0 Å². The molecule has 2 amide bonds. The van der Waals surface area contributed by atoms with Crippen LogP contribution >= 0.6 is 0 Å². The lowest BCUT2D eigenvalue weighted by molar-refractivity contribution is -0.131. The molecule has 1 aliphatic carbocycles. The zero-order valence-corrected chi connectivity index (χ0v) is 20.0. The highest BCUT2D eigenvalue weighted by molar-refractivity contribution is 5.91. The Balaban J connectivity index is 1.26. The van der Waals surface area contributed by atoms with Crippen molar-refractivity contribution in [3.8, 4) is 0 Å². The topological polar surface area (TPSA) is 85.4 Å². The minimum absolute atomic E-state index is 0.0364. The maximum atomic E-state index is 14.5. The number of para-hydroxylation sites is 1. The van der Waals surface area contributed by atoms with Gasteiger partial charge in [-0.15, -0.1) is 0 Å². The molecule has 0 radical (unpaired) electrons. The molecule has 0 unspecified atom stereocenters. The second kappa shape index (κ2) is 9.46. The third-order valence-electron chi connectivity index (χ3n) is 7.81. The van der Waals surface area contributed by atoms with E-state index in [0.29, 0.717) is 37.8 Å². The standard InChI is InChI=1S/C28H32FN3O3/c1-18-22(21-7-2-5-10-25(21)30-18)16-26(34)32-14-11-19(15-20(33)17-32)31-27(35)28(12-6-13-28)23-8-3-4-9-24(23)29/h2-5,7-10,19-20,30,33H,6,11-17H2,1H3,(H,31,35)/t19-,20-/m0/s1. The third-order valence-corrected chi connectivity index (χ3v) is 7.81. The van der Waals surface area contributed by atoms with E-state index in [1.807, 2.05) is 31.2 Å². The third kappa shape index (κ3) is 4.45. The van der Waals surface area contributed by atoms with Crippen molar-refractivity contribution >= 4 is 22.7 Å². The van der Waals surface area contributed by atoms with Gasteiger partial charge in [0, 0.05) is 41.3 Å². The predicted octanol–water partition coefficient (Wildman–Crippen LogP) is 3.75. The number of nitrogens with zero attached hydrogens (tertiary/aromatic N) is 1. The van der Waals surface area contributed by atoms with Crippen molar-refractivity contribution in [2.75, 3.05) is 13.1 Å². The summed E-state index contributed by atoms with van der Waals surface area (Å²) in [6.45, 7) is 2.66. The van der Waals surface area contributed by atoms with Crippen molar-refractivity contribution in [2.45, 2.75) is 63.0 Å². The number of H-pyrrole nitrogens is 1. The Morgan fingerprint density at radius 1 is 1.17 bits per heavy atom. The fourth-order valence-corrected chi connectivity index (χ4v) is 5.68. The highest BCUT2D eigenvalue weighted by Crippen LogP contribution is 2.45. The Morgan fingerprint density at radius 3 is 2.66 bits per heavy atom. The second-order valence-corrected chi connectivity index (χ2v) is 10.1. The number of aliphatic hydroxyl groups is 1. The maximum Gasteiger partial charge on any atom is 0.230 e. The van der Waals surface area contributed by atoms with Gasteiger partial charge in [0.2, 0.25) is 11.8 Å². The molecule has 0 spiro atoms. The average Bonchev–Trinajstić information content (AvgIpc) is 2.98. The summed E-state index contributed by atoms with van der Waals surface area (Å²) < 4.78 is 14.5. The molecule has 3 aromatic rings. The van der Waals surface area contributed by atoms with E-state index in [2.05, 4.69) is 10.3 Å². The summed E-state index contributed by atoms with van der Waals surface area (Å²) in [5.41, 5.74) is 2.56. The van der Waals surface area contributed by atoms with E-state index < -0.39 is 11.5 Å². The van der Waals surface area contributed by atoms with Crippen molar-refractivity contribution < 1.29 is 19.1 Å². The first-order valence-electron chi connectivity index (χ1n) is 12.5. The number of nitrogens with one attached hydrogen (secondary N) is 2. The Labute approximate surface area is 204 Å². The molecule has 0 bridgehead atoms. The van der Waals surface area contributed by atoms with E-state index in [0.717, 1.165) is 28.6 Å². The molecule has 1 aromatic heterocycles. The van der Waals surface area contributed by atoms with Gasteiger partial charge in [0.1, 0.15) is 5.82 Å². The molecule has 6 nitrogen and oxygen atoms in total. The van der Waals surface area contributed by atoms with Crippen molar-refractivity contribution in [1.82, 2.24) is 15.2 Å². The molecule has 184 valence electrons. The van der Waals surface area contributed by atoms with Crippen LogP contribution in [0.3, 0.4) is 0 Å². The molecule has 2 atom stereocenters. The van der Waals surface area contributed by atoms with Crippen LogP contribution in [0.4, 0.5) is 4.39 Å². The number of carbonyl (C=O) groups excluding carboxylic acids is 2. The smallest absolute Gasteiger partial charge is 0.230 e. The van der Waals surface area contributed by atoms with Gasteiger partial charge in [-0.3, -0.25) is 9.59 Å². The lowest BCUT2D eigenvalue weighted by Crippen LogP contribution is -2.53. The molecule has 2 fully saturated rings. The van der Waals surface area contributed by atoms with Gasteiger partial charge in [0.05, 0.1) is 17.9 Å².